The molecule has 1 heteroatoms. The molecule has 0 radical (unpaired) electrons. The van der Waals surface area contributed by atoms with Gasteiger partial charge in [-0.1, -0.05) is 60.2 Å². The summed E-state index contributed by atoms with van der Waals surface area (Å²) in [7, 11) is 0. The van der Waals surface area contributed by atoms with E-state index in [1.807, 2.05) is 18.2 Å². The molecule has 0 amide bonds. The Labute approximate surface area is 108 Å². The van der Waals surface area contributed by atoms with Crippen LogP contribution in [0.4, 0.5) is 0 Å². The van der Waals surface area contributed by atoms with Gasteiger partial charge in [0.15, 0.2) is 0 Å². The van der Waals surface area contributed by atoms with Crippen molar-refractivity contribution >= 4 is 0 Å². The average Bonchev–Trinajstić information content (AvgIpc) is 3.17. The number of rotatable bonds is 2. The first kappa shape index (κ1) is 11.0. The Hall–Kier alpha value is -2.07. The molecule has 0 spiro atoms. The molecule has 88 valence electrons. The van der Waals surface area contributed by atoms with E-state index in [-0.39, 0.29) is 5.41 Å². The van der Waals surface area contributed by atoms with Crippen LogP contribution in [-0.4, -0.2) is 0 Å². The monoisotopic (exact) mass is 233 g/mol. The highest BCUT2D eigenvalue weighted by Gasteiger charge is 2.56. The lowest BCUT2D eigenvalue weighted by Gasteiger charge is -2.09. The molecule has 1 saturated carbocycles. The SMILES string of the molecule is Cc1ccc([C@@H]2C[C@@]2(C#N)c2ccccc2)cc1. The minimum atomic E-state index is -0.295. The molecule has 0 unspecified atom stereocenters. The van der Waals surface area contributed by atoms with E-state index in [0.29, 0.717) is 5.92 Å². The third kappa shape index (κ3) is 1.62. The Bertz CT molecular complexity index is 592. The van der Waals surface area contributed by atoms with Crippen molar-refractivity contribution < 1.29 is 0 Å². The van der Waals surface area contributed by atoms with Gasteiger partial charge in [-0.25, -0.2) is 0 Å². The Balaban J connectivity index is 1.95. The van der Waals surface area contributed by atoms with Gasteiger partial charge in [0.05, 0.1) is 11.5 Å². The van der Waals surface area contributed by atoms with Gasteiger partial charge in [-0.3, -0.25) is 0 Å². The molecule has 0 aromatic heterocycles. The summed E-state index contributed by atoms with van der Waals surface area (Å²) in [5.41, 5.74) is 3.40. The molecule has 0 N–H and O–H groups in total. The molecule has 2 atom stereocenters. The zero-order valence-electron chi connectivity index (χ0n) is 10.4. The molecule has 0 aliphatic heterocycles. The van der Waals surface area contributed by atoms with Crippen molar-refractivity contribution in [1.29, 1.82) is 5.26 Å². The van der Waals surface area contributed by atoms with Gasteiger partial charge in [0.25, 0.3) is 0 Å². The highest BCUT2D eigenvalue weighted by Crippen LogP contribution is 2.59. The minimum Gasteiger partial charge on any atom is -0.197 e. The summed E-state index contributed by atoms with van der Waals surface area (Å²) in [5.74, 6) is 0.352. The lowest BCUT2D eigenvalue weighted by molar-refractivity contribution is 0.856. The third-order valence-corrected chi connectivity index (χ3v) is 3.93. The van der Waals surface area contributed by atoms with Crippen molar-refractivity contribution in [2.45, 2.75) is 24.7 Å². The molecule has 1 nitrogen and oxygen atoms in total. The number of aryl methyl sites for hydroxylation is 1. The van der Waals surface area contributed by atoms with E-state index < -0.39 is 0 Å². The molecule has 0 bridgehead atoms. The van der Waals surface area contributed by atoms with Crippen LogP contribution in [0.1, 0.15) is 29.0 Å². The van der Waals surface area contributed by atoms with Gasteiger partial charge in [-0.2, -0.15) is 5.26 Å². The summed E-state index contributed by atoms with van der Waals surface area (Å²) in [4.78, 5) is 0. The summed E-state index contributed by atoms with van der Waals surface area (Å²) in [6.07, 6.45) is 0.941. The Morgan fingerprint density at radius 2 is 1.72 bits per heavy atom. The summed E-state index contributed by atoms with van der Waals surface area (Å²) < 4.78 is 0. The smallest absolute Gasteiger partial charge is 0.0897 e. The van der Waals surface area contributed by atoms with E-state index in [2.05, 4.69) is 49.4 Å². The number of nitriles is 1. The molecule has 1 fully saturated rings. The lowest BCUT2D eigenvalue weighted by Crippen LogP contribution is -2.06. The zero-order valence-corrected chi connectivity index (χ0v) is 10.4. The van der Waals surface area contributed by atoms with Gasteiger partial charge >= 0.3 is 0 Å². The van der Waals surface area contributed by atoms with E-state index in [1.165, 1.54) is 11.1 Å². The van der Waals surface area contributed by atoms with Crippen LogP contribution in [-0.2, 0) is 5.41 Å². The van der Waals surface area contributed by atoms with E-state index in [4.69, 9.17) is 0 Å². The van der Waals surface area contributed by atoms with Crippen molar-refractivity contribution in [3.05, 3.63) is 71.3 Å². The van der Waals surface area contributed by atoms with Crippen LogP contribution in [0.2, 0.25) is 0 Å². The quantitative estimate of drug-likeness (QED) is 0.770. The number of nitrogens with zero attached hydrogens (tertiary/aromatic N) is 1. The molecule has 1 aliphatic rings. The highest BCUT2D eigenvalue weighted by atomic mass is 14.6. The fourth-order valence-corrected chi connectivity index (χ4v) is 2.71. The Morgan fingerprint density at radius 1 is 1.06 bits per heavy atom. The molecule has 2 aromatic carbocycles. The zero-order chi connectivity index (χ0) is 12.6. The van der Waals surface area contributed by atoms with E-state index in [1.54, 1.807) is 0 Å². The predicted octanol–water partition coefficient (Wildman–Crippen LogP) is 3.94. The van der Waals surface area contributed by atoms with Crippen LogP contribution in [0.5, 0.6) is 0 Å². The maximum Gasteiger partial charge on any atom is 0.0897 e. The molecular weight excluding hydrogens is 218 g/mol. The second kappa shape index (κ2) is 3.99. The molecule has 2 aromatic rings. The summed E-state index contributed by atoms with van der Waals surface area (Å²) in [6, 6.07) is 21.3. The lowest BCUT2D eigenvalue weighted by atomic mass is 9.92. The van der Waals surface area contributed by atoms with Crippen LogP contribution in [0.25, 0.3) is 0 Å². The second-order valence-corrected chi connectivity index (χ2v) is 5.12. The van der Waals surface area contributed by atoms with Crippen LogP contribution in [0.15, 0.2) is 54.6 Å². The van der Waals surface area contributed by atoms with Gasteiger partial charge in [-0.05, 0) is 24.5 Å². The van der Waals surface area contributed by atoms with Crippen molar-refractivity contribution in [2.24, 2.45) is 0 Å². The van der Waals surface area contributed by atoms with E-state index in [0.717, 1.165) is 12.0 Å². The maximum absolute atomic E-state index is 9.55. The minimum absolute atomic E-state index is 0.295. The Morgan fingerprint density at radius 3 is 2.33 bits per heavy atom. The largest absolute Gasteiger partial charge is 0.197 e. The van der Waals surface area contributed by atoms with Gasteiger partial charge in [0.1, 0.15) is 0 Å². The van der Waals surface area contributed by atoms with Crippen LogP contribution in [0, 0.1) is 18.3 Å². The highest BCUT2D eigenvalue weighted by molar-refractivity contribution is 5.49. The topological polar surface area (TPSA) is 23.8 Å². The number of benzene rings is 2. The number of hydrogen-bond acceptors (Lipinski definition) is 1. The molecule has 1 aliphatic carbocycles. The first-order valence-electron chi connectivity index (χ1n) is 6.29. The molecule has 0 saturated heterocycles. The number of hydrogen-bond donors (Lipinski definition) is 0. The first-order chi connectivity index (χ1) is 8.76. The standard InChI is InChI=1S/C17H15N/c1-13-7-9-14(10-8-13)16-11-17(16,12-18)15-5-3-2-4-6-15/h2-10,16H,11H2,1H3/t16-,17+/m0/s1. The molecule has 18 heavy (non-hydrogen) atoms. The normalized spacial score (nSPS) is 25.4. The van der Waals surface area contributed by atoms with E-state index >= 15 is 0 Å². The van der Waals surface area contributed by atoms with Crippen LogP contribution < -0.4 is 0 Å². The third-order valence-electron chi connectivity index (χ3n) is 3.93. The van der Waals surface area contributed by atoms with Crippen LogP contribution >= 0.6 is 0 Å². The molecular formula is C17H15N. The molecule has 3 rings (SSSR count). The fraction of sp³-hybridized carbons (Fsp3) is 0.235. The van der Waals surface area contributed by atoms with Gasteiger partial charge in [0, 0.05) is 5.92 Å². The van der Waals surface area contributed by atoms with Crippen molar-refractivity contribution in [3.63, 3.8) is 0 Å². The van der Waals surface area contributed by atoms with Crippen molar-refractivity contribution in [3.8, 4) is 6.07 Å². The van der Waals surface area contributed by atoms with Crippen molar-refractivity contribution in [2.75, 3.05) is 0 Å². The summed E-state index contributed by atoms with van der Waals surface area (Å²) >= 11 is 0. The van der Waals surface area contributed by atoms with Crippen molar-refractivity contribution in [1.82, 2.24) is 0 Å². The summed E-state index contributed by atoms with van der Waals surface area (Å²) in [6.45, 7) is 2.09. The second-order valence-electron chi connectivity index (χ2n) is 5.12. The van der Waals surface area contributed by atoms with Crippen LogP contribution in [0.3, 0.4) is 0 Å². The Kier molecular flexibility index (Phi) is 2.45. The van der Waals surface area contributed by atoms with Gasteiger partial charge < -0.3 is 0 Å². The predicted molar refractivity (Wildman–Crippen MR) is 72.3 cm³/mol. The van der Waals surface area contributed by atoms with Gasteiger partial charge in [0.2, 0.25) is 0 Å². The maximum atomic E-state index is 9.55. The average molecular weight is 233 g/mol. The fourth-order valence-electron chi connectivity index (χ4n) is 2.71. The van der Waals surface area contributed by atoms with E-state index in [9.17, 15) is 5.26 Å². The summed E-state index contributed by atoms with van der Waals surface area (Å²) in [5, 5.41) is 9.55. The first-order valence-corrected chi connectivity index (χ1v) is 6.29. The van der Waals surface area contributed by atoms with Gasteiger partial charge in [-0.15, -0.1) is 0 Å². The molecule has 0 heterocycles.